The molecule has 4 nitrogen and oxygen atoms in total. The Morgan fingerprint density at radius 1 is 1.25 bits per heavy atom. The van der Waals surface area contributed by atoms with Gasteiger partial charge in [-0.3, -0.25) is 0 Å². The first-order valence-electron chi connectivity index (χ1n) is 5.83. The maximum atomic E-state index is 12.1. The highest BCUT2D eigenvalue weighted by atomic mass is 79.9. The number of thiophene rings is 1. The number of hydrogen-bond donors (Lipinski definition) is 1. The topological polar surface area (TPSA) is 55.4 Å². The Bertz CT molecular complexity index is 682. The van der Waals surface area contributed by atoms with Crippen LogP contribution >= 0.6 is 27.3 Å². The number of methoxy groups -OCH3 is 1. The third kappa shape index (κ3) is 4.13. The van der Waals surface area contributed by atoms with Gasteiger partial charge in [0.15, 0.2) is 0 Å². The second-order valence-corrected chi connectivity index (χ2v) is 8.59. The van der Waals surface area contributed by atoms with Gasteiger partial charge in [-0.1, -0.05) is 24.3 Å². The van der Waals surface area contributed by atoms with E-state index in [9.17, 15) is 8.42 Å². The van der Waals surface area contributed by atoms with E-state index in [2.05, 4.69) is 20.7 Å². The minimum Gasteiger partial charge on any atom is -0.380 e. The number of sulfonamides is 1. The first-order chi connectivity index (χ1) is 9.51. The number of hydrogen-bond acceptors (Lipinski definition) is 4. The maximum absolute atomic E-state index is 12.1. The van der Waals surface area contributed by atoms with Crippen molar-refractivity contribution in [1.29, 1.82) is 0 Å². The van der Waals surface area contributed by atoms with Crippen LogP contribution in [0.15, 0.2) is 44.4 Å². The molecule has 108 valence electrons. The summed E-state index contributed by atoms with van der Waals surface area (Å²) < 4.78 is 32.9. The predicted octanol–water partition coefficient (Wildman–Crippen LogP) is 3.14. The molecule has 0 aliphatic heterocycles. The highest BCUT2D eigenvalue weighted by molar-refractivity contribution is 9.11. The standard InChI is InChI=1S/C13H14BrNO3S2/c1-18-9-11-4-2-3-10(7-11)8-15-20(16,17)13-6-5-12(14)19-13/h2-7,15H,8-9H2,1H3. The molecule has 0 saturated carbocycles. The van der Waals surface area contributed by atoms with Gasteiger partial charge in [-0.25, -0.2) is 13.1 Å². The Labute approximate surface area is 131 Å². The summed E-state index contributed by atoms with van der Waals surface area (Å²) in [5, 5.41) is 0. The molecule has 20 heavy (non-hydrogen) atoms. The molecule has 0 bridgehead atoms. The van der Waals surface area contributed by atoms with Crippen molar-refractivity contribution >= 4 is 37.3 Å². The Kier molecular flexibility index (Phi) is 5.34. The van der Waals surface area contributed by atoms with Crippen molar-refractivity contribution in [2.24, 2.45) is 0 Å². The van der Waals surface area contributed by atoms with Crippen molar-refractivity contribution in [2.75, 3.05) is 7.11 Å². The van der Waals surface area contributed by atoms with Crippen LogP contribution in [0.2, 0.25) is 0 Å². The van der Waals surface area contributed by atoms with Crippen LogP contribution in [0.25, 0.3) is 0 Å². The number of rotatable bonds is 6. The van der Waals surface area contributed by atoms with Crippen LogP contribution in [-0.4, -0.2) is 15.5 Å². The second kappa shape index (κ2) is 6.82. The highest BCUT2D eigenvalue weighted by Crippen LogP contribution is 2.25. The fraction of sp³-hybridized carbons (Fsp3) is 0.231. The van der Waals surface area contributed by atoms with Gasteiger partial charge in [-0.05, 0) is 39.2 Å². The van der Waals surface area contributed by atoms with E-state index < -0.39 is 10.0 Å². The Morgan fingerprint density at radius 3 is 2.65 bits per heavy atom. The molecule has 1 aromatic carbocycles. The summed E-state index contributed by atoms with van der Waals surface area (Å²) in [5.41, 5.74) is 1.92. The lowest BCUT2D eigenvalue weighted by atomic mass is 10.1. The third-order valence-corrected chi connectivity index (χ3v) is 6.10. The lowest BCUT2D eigenvalue weighted by molar-refractivity contribution is 0.185. The molecule has 1 aromatic heterocycles. The van der Waals surface area contributed by atoms with Crippen molar-refractivity contribution < 1.29 is 13.2 Å². The number of benzene rings is 1. The van der Waals surface area contributed by atoms with Crippen LogP contribution < -0.4 is 4.72 Å². The smallest absolute Gasteiger partial charge is 0.250 e. The van der Waals surface area contributed by atoms with Gasteiger partial charge in [-0.15, -0.1) is 11.3 Å². The van der Waals surface area contributed by atoms with E-state index in [1.165, 1.54) is 11.3 Å². The minimum atomic E-state index is -3.46. The number of nitrogens with one attached hydrogen (secondary N) is 1. The number of halogens is 1. The Hall–Kier alpha value is -0.730. The second-order valence-electron chi connectivity index (χ2n) is 4.14. The summed E-state index contributed by atoms with van der Waals surface area (Å²) in [6.07, 6.45) is 0. The van der Waals surface area contributed by atoms with E-state index in [1.54, 1.807) is 19.2 Å². The molecule has 0 saturated heterocycles. The van der Waals surface area contributed by atoms with Gasteiger partial charge in [0, 0.05) is 13.7 Å². The van der Waals surface area contributed by atoms with E-state index in [0.717, 1.165) is 14.9 Å². The largest absolute Gasteiger partial charge is 0.380 e. The first kappa shape index (κ1) is 15.7. The van der Waals surface area contributed by atoms with E-state index in [-0.39, 0.29) is 6.54 Å². The highest BCUT2D eigenvalue weighted by Gasteiger charge is 2.15. The van der Waals surface area contributed by atoms with Crippen molar-refractivity contribution in [3.63, 3.8) is 0 Å². The van der Waals surface area contributed by atoms with Gasteiger partial charge in [-0.2, -0.15) is 0 Å². The summed E-state index contributed by atoms with van der Waals surface area (Å²) in [6.45, 7) is 0.772. The first-order valence-corrected chi connectivity index (χ1v) is 8.92. The molecule has 2 aromatic rings. The van der Waals surface area contributed by atoms with E-state index in [4.69, 9.17) is 4.74 Å². The molecule has 1 heterocycles. The van der Waals surface area contributed by atoms with Gasteiger partial charge in [0.2, 0.25) is 10.0 Å². The van der Waals surface area contributed by atoms with Gasteiger partial charge >= 0.3 is 0 Å². The third-order valence-electron chi connectivity index (χ3n) is 2.58. The molecular formula is C13H14BrNO3S2. The van der Waals surface area contributed by atoms with Crippen LogP contribution in [0.3, 0.4) is 0 Å². The summed E-state index contributed by atoms with van der Waals surface area (Å²) in [5.74, 6) is 0. The lowest BCUT2D eigenvalue weighted by Crippen LogP contribution is -2.22. The van der Waals surface area contributed by atoms with E-state index in [1.807, 2.05) is 24.3 Å². The van der Waals surface area contributed by atoms with Crippen molar-refractivity contribution in [1.82, 2.24) is 4.72 Å². The molecule has 0 spiro atoms. The average Bonchev–Trinajstić information content (AvgIpc) is 2.85. The van der Waals surface area contributed by atoms with Crippen LogP contribution in [0.5, 0.6) is 0 Å². The molecule has 2 rings (SSSR count). The summed E-state index contributed by atoms with van der Waals surface area (Å²) in [4.78, 5) is 0. The van der Waals surface area contributed by atoms with Crippen molar-refractivity contribution in [3.8, 4) is 0 Å². The molecule has 0 amide bonds. The molecule has 1 N–H and O–H groups in total. The Balaban J connectivity index is 2.06. The zero-order chi connectivity index (χ0) is 14.6. The lowest BCUT2D eigenvalue weighted by Gasteiger charge is -2.06. The van der Waals surface area contributed by atoms with Gasteiger partial charge in [0.05, 0.1) is 10.4 Å². The minimum absolute atomic E-state index is 0.259. The summed E-state index contributed by atoms with van der Waals surface area (Å²) in [6, 6.07) is 10.9. The van der Waals surface area contributed by atoms with Gasteiger partial charge in [0.25, 0.3) is 0 Å². The molecule has 7 heteroatoms. The van der Waals surface area contributed by atoms with Crippen LogP contribution in [0.1, 0.15) is 11.1 Å². The van der Waals surface area contributed by atoms with Crippen LogP contribution in [0.4, 0.5) is 0 Å². The zero-order valence-electron chi connectivity index (χ0n) is 10.8. The van der Waals surface area contributed by atoms with Gasteiger partial charge < -0.3 is 4.74 Å². The Morgan fingerprint density at radius 2 is 2.00 bits per heavy atom. The molecule has 0 aliphatic carbocycles. The van der Waals surface area contributed by atoms with Crippen molar-refractivity contribution in [3.05, 3.63) is 51.3 Å². The quantitative estimate of drug-likeness (QED) is 0.843. The van der Waals surface area contributed by atoms with E-state index >= 15 is 0 Å². The maximum Gasteiger partial charge on any atom is 0.250 e. The molecule has 0 unspecified atom stereocenters. The summed E-state index contributed by atoms with van der Waals surface area (Å²) >= 11 is 4.45. The molecule has 0 aliphatic rings. The molecule has 0 atom stereocenters. The molecular weight excluding hydrogens is 362 g/mol. The van der Waals surface area contributed by atoms with E-state index in [0.29, 0.717) is 10.8 Å². The fourth-order valence-corrected chi connectivity index (χ4v) is 4.76. The van der Waals surface area contributed by atoms with Crippen LogP contribution in [0, 0.1) is 0 Å². The monoisotopic (exact) mass is 375 g/mol. The SMILES string of the molecule is COCc1cccc(CNS(=O)(=O)c2ccc(Br)s2)c1. The molecule has 0 radical (unpaired) electrons. The zero-order valence-corrected chi connectivity index (χ0v) is 14.0. The normalized spacial score (nSPS) is 11.7. The van der Waals surface area contributed by atoms with Crippen molar-refractivity contribution in [2.45, 2.75) is 17.4 Å². The number of ether oxygens (including phenoxy) is 1. The van der Waals surface area contributed by atoms with Gasteiger partial charge in [0.1, 0.15) is 4.21 Å². The summed E-state index contributed by atoms with van der Waals surface area (Å²) in [7, 11) is -1.83. The average molecular weight is 376 g/mol. The predicted molar refractivity (Wildman–Crippen MR) is 83.2 cm³/mol. The molecule has 0 fully saturated rings. The van der Waals surface area contributed by atoms with Crippen LogP contribution in [-0.2, 0) is 27.9 Å². The fourth-order valence-electron chi connectivity index (χ4n) is 1.69.